The zero-order valence-corrected chi connectivity index (χ0v) is 11.4. The van der Waals surface area contributed by atoms with Crippen molar-refractivity contribution in [1.82, 2.24) is 24.1 Å². The molecule has 21 heavy (non-hydrogen) atoms. The average molecular weight is 298 g/mol. The Balaban J connectivity index is 2.10. The molecule has 0 fully saturated rings. The number of halogens is 1. The van der Waals surface area contributed by atoms with Crippen molar-refractivity contribution in [2.24, 2.45) is 0 Å². The summed E-state index contributed by atoms with van der Waals surface area (Å²) in [7, 11) is 0. The molecule has 0 saturated carbocycles. The third-order valence-corrected chi connectivity index (χ3v) is 3.61. The number of rotatable bonds is 1. The van der Waals surface area contributed by atoms with Gasteiger partial charge in [-0.2, -0.15) is 14.6 Å². The van der Waals surface area contributed by atoms with Crippen LogP contribution in [-0.2, 0) is 0 Å². The summed E-state index contributed by atoms with van der Waals surface area (Å²) in [5, 5.41) is 5.04. The van der Waals surface area contributed by atoms with E-state index in [1.807, 2.05) is 12.1 Å². The molecule has 0 unspecified atom stereocenters. The number of hydrogen-bond acceptors (Lipinski definition) is 4. The lowest BCUT2D eigenvalue weighted by atomic mass is 10.2. The molecule has 3 aromatic heterocycles. The van der Waals surface area contributed by atoms with Crippen molar-refractivity contribution in [2.75, 3.05) is 0 Å². The molecule has 0 bridgehead atoms. The summed E-state index contributed by atoms with van der Waals surface area (Å²) in [4.78, 5) is 20.8. The first kappa shape index (κ1) is 12.0. The Morgan fingerprint density at radius 3 is 2.81 bits per heavy atom. The molecule has 0 saturated heterocycles. The predicted octanol–water partition coefficient (Wildman–Crippen LogP) is 2.08. The van der Waals surface area contributed by atoms with Gasteiger partial charge in [-0.1, -0.05) is 23.7 Å². The third-order valence-electron chi connectivity index (χ3n) is 3.29. The second-order valence-electron chi connectivity index (χ2n) is 4.47. The van der Waals surface area contributed by atoms with Crippen molar-refractivity contribution in [3.8, 4) is 5.69 Å². The van der Waals surface area contributed by atoms with Gasteiger partial charge in [0.05, 0.1) is 21.6 Å². The summed E-state index contributed by atoms with van der Waals surface area (Å²) in [5.41, 5.74) is 1.08. The number of hydrogen-bond donors (Lipinski definition) is 0. The van der Waals surface area contributed by atoms with Crippen LogP contribution in [0, 0.1) is 0 Å². The van der Waals surface area contributed by atoms with E-state index in [1.54, 1.807) is 24.4 Å². The molecule has 102 valence electrons. The second-order valence-corrected chi connectivity index (χ2v) is 4.88. The van der Waals surface area contributed by atoms with E-state index in [0.29, 0.717) is 27.4 Å². The number of nitrogens with zero attached hydrogens (tertiary/aromatic N) is 5. The summed E-state index contributed by atoms with van der Waals surface area (Å²) < 4.78 is 3.03. The molecule has 0 radical (unpaired) electrons. The maximum absolute atomic E-state index is 12.6. The molecule has 1 aromatic carbocycles. The number of para-hydroxylation sites is 1. The molecule has 0 amide bonds. The van der Waals surface area contributed by atoms with Crippen LogP contribution >= 0.6 is 11.6 Å². The Morgan fingerprint density at radius 1 is 1.10 bits per heavy atom. The Kier molecular flexibility index (Phi) is 2.52. The van der Waals surface area contributed by atoms with Crippen LogP contribution in [0.4, 0.5) is 0 Å². The molecule has 0 aliphatic heterocycles. The van der Waals surface area contributed by atoms with Gasteiger partial charge in [-0.3, -0.25) is 9.36 Å². The van der Waals surface area contributed by atoms with Crippen LogP contribution in [0.2, 0.25) is 5.02 Å². The molecule has 6 nitrogen and oxygen atoms in total. The minimum atomic E-state index is -0.203. The van der Waals surface area contributed by atoms with Crippen LogP contribution < -0.4 is 5.56 Å². The molecule has 4 rings (SSSR count). The van der Waals surface area contributed by atoms with Crippen molar-refractivity contribution in [1.29, 1.82) is 0 Å². The summed E-state index contributed by atoms with van der Waals surface area (Å²) >= 11 is 6.16. The first-order valence-corrected chi connectivity index (χ1v) is 6.58. The van der Waals surface area contributed by atoms with Gasteiger partial charge in [0.25, 0.3) is 11.3 Å². The monoisotopic (exact) mass is 297 g/mol. The largest absolute Gasteiger partial charge is 0.282 e. The minimum absolute atomic E-state index is 0.203. The number of aromatic nitrogens is 5. The molecule has 0 N–H and O–H groups in total. The summed E-state index contributed by atoms with van der Waals surface area (Å²) in [5.74, 6) is 0.456. The SMILES string of the molecule is O=c1c2cnc3ncnn3c2ccn1-c1ccccc1Cl. The Hall–Kier alpha value is -2.73. The van der Waals surface area contributed by atoms with Crippen LogP contribution in [0.3, 0.4) is 0 Å². The lowest BCUT2D eigenvalue weighted by Gasteiger charge is -2.09. The fraction of sp³-hybridized carbons (Fsp3) is 0. The van der Waals surface area contributed by atoms with E-state index in [1.165, 1.54) is 21.6 Å². The maximum Gasteiger partial charge on any atom is 0.266 e. The van der Waals surface area contributed by atoms with Gasteiger partial charge in [-0.25, -0.2) is 4.98 Å². The van der Waals surface area contributed by atoms with E-state index in [4.69, 9.17) is 11.6 Å². The van der Waals surface area contributed by atoms with Gasteiger partial charge in [0.2, 0.25) is 0 Å². The van der Waals surface area contributed by atoms with Crippen LogP contribution in [0.5, 0.6) is 0 Å². The van der Waals surface area contributed by atoms with E-state index < -0.39 is 0 Å². The van der Waals surface area contributed by atoms with Crippen molar-refractivity contribution in [3.05, 3.63) is 64.4 Å². The number of pyridine rings is 1. The van der Waals surface area contributed by atoms with Gasteiger partial charge in [0.15, 0.2) is 0 Å². The normalized spacial score (nSPS) is 11.3. The molecule has 7 heteroatoms. The average Bonchev–Trinajstić information content (AvgIpc) is 2.97. The smallest absolute Gasteiger partial charge is 0.266 e. The van der Waals surface area contributed by atoms with Crippen LogP contribution in [-0.4, -0.2) is 24.1 Å². The zero-order valence-electron chi connectivity index (χ0n) is 10.6. The van der Waals surface area contributed by atoms with Gasteiger partial charge in [-0.05, 0) is 18.2 Å². The lowest BCUT2D eigenvalue weighted by molar-refractivity contribution is 0.958. The molecule has 4 aromatic rings. The maximum atomic E-state index is 12.6. The summed E-state index contributed by atoms with van der Waals surface area (Å²) in [6.45, 7) is 0. The molecule has 0 atom stereocenters. The number of benzene rings is 1. The topological polar surface area (TPSA) is 65.1 Å². The molecular weight excluding hydrogens is 290 g/mol. The van der Waals surface area contributed by atoms with Gasteiger partial charge >= 0.3 is 0 Å². The van der Waals surface area contributed by atoms with Crippen molar-refractivity contribution in [3.63, 3.8) is 0 Å². The zero-order chi connectivity index (χ0) is 14.4. The van der Waals surface area contributed by atoms with Crippen molar-refractivity contribution >= 4 is 28.3 Å². The molecule has 0 aliphatic rings. The first-order valence-electron chi connectivity index (χ1n) is 6.21. The van der Waals surface area contributed by atoms with E-state index in [-0.39, 0.29) is 5.56 Å². The first-order chi connectivity index (χ1) is 10.3. The number of fused-ring (bicyclic) bond motifs is 3. The highest BCUT2D eigenvalue weighted by Gasteiger charge is 2.10. The Morgan fingerprint density at radius 2 is 1.95 bits per heavy atom. The summed E-state index contributed by atoms with van der Waals surface area (Å²) in [6.07, 6.45) is 4.59. The molecule has 0 spiro atoms. The van der Waals surface area contributed by atoms with E-state index >= 15 is 0 Å². The van der Waals surface area contributed by atoms with E-state index in [2.05, 4.69) is 15.1 Å². The van der Waals surface area contributed by atoms with Gasteiger partial charge < -0.3 is 0 Å². The van der Waals surface area contributed by atoms with E-state index in [0.717, 1.165) is 0 Å². The van der Waals surface area contributed by atoms with E-state index in [9.17, 15) is 4.79 Å². The molecule has 3 heterocycles. The van der Waals surface area contributed by atoms with Gasteiger partial charge in [0.1, 0.15) is 6.33 Å². The predicted molar refractivity (Wildman–Crippen MR) is 78.9 cm³/mol. The molecule has 0 aliphatic carbocycles. The van der Waals surface area contributed by atoms with Crippen LogP contribution in [0.15, 0.2) is 53.8 Å². The Bertz CT molecular complexity index is 1040. The fourth-order valence-electron chi connectivity index (χ4n) is 2.30. The molecular formula is C14H8ClN5O. The summed E-state index contributed by atoms with van der Waals surface area (Å²) in [6, 6.07) is 8.97. The standard InChI is InChI=1S/C14H8ClN5O/c15-10-3-1-2-4-12(10)19-6-5-11-9(13(19)21)7-16-14-17-8-18-20(11)14/h1-8H. The third kappa shape index (κ3) is 1.73. The quantitative estimate of drug-likeness (QED) is 0.539. The van der Waals surface area contributed by atoms with Crippen LogP contribution in [0.1, 0.15) is 0 Å². The lowest BCUT2D eigenvalue weighted by Crippen LogP contribution is -2.19. The minimum Gasteiger partial charge on any atom is -0.282 e. The highest BCUT2D eigenvalue weighted by Crippen LogP contribution is 2.19. The van der Waals surface area contributed by atoms with Gasteiger partial charge in [-0.15, -0.1) is 0 Å². The van der Waals surface area contributed by atoms with Crippen LogP contribution in [0.25, 0.3) is 22.4 Å². The highest BCUT2D eigenvalue weighted by molar-refractivity contribution is 6.32. The van der Waals surface area contributed by atoms with Crippen molar-refractivity contribution in [2.45, 2.75) is 0 Å². The Labute approximate surface area is 123 Å². The second kappa shape index (κ2) is 4.39. The van der Waals surface area contributed by atoms with Gasteiger partial charge in [0, 0.05) is 12.4 Å². The highest BCUT2D eigenvalue weighted by atomic mass is 35.5. The fourth-order valence-corrected chi connectivity index (χ4v) is 2.53. The van der Waals surface area contributed by atoms with Crippen molar-refractivity contribution < 1.29 is 0 Å².